The van der Waals surface area contributed by atoms with Crippen molar-refractivity contribution in [2.45, 2.75) is 36.1 Å². The second kappa shape index (κ2) is 6.58. The molecule has 3 aliphatic rings. The number of benzene rings is 1. The Morgan fingerprint density at radius 2 is 1.72 bits per heavy atom. The van der Waals surface area contributed by atoms with E-state index in [1.165, 1.54) is 30.7 Å². The molecule has 29 heavy (non-hydrogen) atoms. The Morgan fingerprint density at radius 3 is 2.24 bits per heavy atom. The molecule has 0 radical (unpaired) electrons. The van der Waals surface area contributed by atoms with Gasteiger partial charge in [0.1, 0.15) is 24.1 Å². The summed E-state index contributed by atoms with van der Waals surface area (Å²) < 4.78 is 8.99. The summed E-state index contributed by atoms with van der Waals surface area (Å²) in [5.41, 5.74) is 0.498. The summed E-state index contributed by atoms with van der Waals surface area (Å²) in [5.74, 6) is -2.75. The number of imide groups is 1. The van der Waals surface area contributed by atoms with Crippen LogP contribution in [0.2, 0.25) is 0 Å². The molecule has 0 bridgehead atoms. The molecule has 3 aliphatic heterocycles. The van der Waals surface area contributed by atoms with Crippen LogP contribution in [0.5, 0.6) is 0 Å². The Kier molecular flexibility index (Phi) is 4.41. The first kappa shape index (κ1) is 19.4. The Bertz CT molecular complexity index is 929. The van der Waals surface area contributed by atoms with Crippen LogP contribution in [0.15, 0.2) is 24.3 Å². The quantitative estimate of drug-likeness (QED) is 0.393. The van der Waals surface area contributed by atoms with Crippen molar-refractivity contribution < 1.29 is 33.4 Å². The number of ether oxygens (including phenoxy) is 2. The van der Waals surface area contributed by atoms with E-state index in [4.69, 9.17) is 9.47 Å². The van der Waals surface area contributed by atoms with Gasteiger partial charge in [-0.05, 0) is 19.1 Å². The van der Waals surface area contributed by atoms with Crippen LogP contribution in [0.4, 0.5) is 0 Å². The van der Waals surface area contributed by atoms with E-state index in [0.29, 0.717) is 0 Å². The van der Waals surface area contributed by atoms with Gasteiger partial charge in [-0.1, -0.05) is 12.1 Å². The number of nitrogens with zero attached hydrogens (tertiary/aromatic N) is 2. The summed E-state index contributed by atoms with van der Waals surface area (Å²) >= 11 is 1.22. The van der Waals surface area contributed by atoms with Crippen LogP contribution in [0.3, 0.4) is 0 Å². The Morgan fingerprint density at radius 1 is 1.14 bits per heavy atom. The van der Waals surface area contributed by atoms with Gasteiger partial charge in [0.25, 0.3) is 17.7 Å². The lowest BCUT2D eigenvalue weighted by molar-refractivity contribution is -0.165. The smallest absolute Gasteiger partial charge is 0.330 e. The van der Waals surface area contributed by atoms with Gasteiger partial charge >= 0.3 is 11.9 Å². The van der Waals surface area contributed by atoms with E-state index in [1.807, 2.05) is 0 Å². The highest BCUT2D eigenvalue weighted by Crippen LogP contribution is 2.53. The van der Waals surface area contributed by atoms with Crippen molar-refractivity contribution in [1.29, 1.82) is 0 Å². The van der Waals surface area contributed by atoms with Crippen molar-refractivity contribution in [1.82, 2.24) is 9.80 Å². The molecule has 152 valence electrons. The highest BCUT2D eigenvalue weighted by atomic mass is 32.2. The molecule has 0 aromatic heterocycles. The lowest BCUT2D eigenvalue weighted by Gasteiger charge is -2.46. The normalized spacial score (nSPS) is 30.0. The van der Waals surface area contributed by atoms with Crippen LogP contribution >= 0.6 is 11.8 Å². The van der Waals surface area contributed by atoms with Crippen molar-refractivity contribution in [3.8, 4) is 0 Å². The summed E-state index contributed by atoms with van der Waals surface area (Å²) in [7, 11) is 1.21. The SMILES string of the molecule is COC(=O)C1N2C(=O)C(N3C(=O)c4ccccc4C3=O)[C@H]2S[C@@]1(C)COC(C)=O. The lowest BCUT2D eigenvalue weighted by Crippen LogP contribution is -2.71. The van der Waals surface area contributed by atoms with Crippen molar-refractivity contribution in [3.63, 3.8) is 0 Å². The van der Waals surface area contributed by atoms with Gasteiger partial charge in [0.2, 0.25) is 0 Å². The van der Waals surface area contributed by atoms with E-state index < -0.39 is 51.9 Å². The van der Waals surface area contributed by atoms with E-state index in [0.717, 1.165) is 4.90 Å². The molecule has 3 amide bonds. The number of fused-ring (bicyclic) bond motifs is 2. The Hall–Kier alpha value is -2.88. The fourth-order valence-electron chi connectivity index (χ4n) is 4.03. The standard InChI is InChI=1S/C19H18N2O7S/c1-9(22)28-8-19(2)13(18(26)27-3)21-16(25)12(17(21)29-19)20-14(23)10-6-4-5-7-11(10)15(20)24/h4-7,12-13,17H,8H2,1-3H3/t12?,13?,17-,19+/m1/s1. The topological polar surface area (TPSA) is 110 Å². The predicted molar refractivity (Wildman–Crippen MR) is 99.8 cm³/mol. The van der Waals surface area contributed by atoms with Gasteiger partial charge in [0.05, 0.1) is 23.0 Å². The van der Waals surface area contributed by atoms with Gasteiger partial charge in [-0.25, -0.2) is 4.79 Å². The molecule has 2 fully saturated rings. The molecule has 3 heterocycles. The van der Waals surface area contributed by atoms with Crippen molar-refractivity contribution in [2.75, 3.05) is 13.7 Å². The molecule has 4 atom stereocenters. The van der Waals surface area contributed by atoms with Crippen LogP contribution < -0.4 is 0 Å². The minimum atomic E-state index is -1.03. The summed E-state index contributed by atoms with van der Waals surface area (Å²) in [5, 5.41) is -0.630. The molecular weight excluding hydrogens is 400 g/mol. The molecule has 1 aromatic carbocycles. The summed E-state index contributed by atoms with van der Waals surface area (Å²) in [6, 6.07) is 4.35. The van der Waals surface area contributed by atoms with Gasteiger partial charge in [0, 0.05) is 6.92 Å². The summed E-state index contributed by atoms with van der Waals surface area (Å²) in [4.78, 5) is 64.6. The highest BCUT2D eigenvalue weighted by molar-refractivity contribution is 8.01. The Balaban J connectivity index is 1.66. The second-order valence-corrected chi connectivity index (χ2v) is 8.89. The van der Waals surface area contributed by atoms with Crippen molar-refractivity contribution in [2.24, 2.45) is 0 Å². The fourth-order valence-corrected chi connectivity index (χ4v) is 5.75. The predicted octanol–water partition coefficient (Wildman–Crippen LogP) is 0.430. The number of carbonyl (C=O) groups is 5. The molecule has 0 saturated carbocycles. The van der Waals surface area contributed by atoms with Gasteiger partial charge in [0.15, 0.2) is 0 Å². The van der Waals surface area contributed by atoms with E-state index in [2.05, 4.69) is 0 Å². The molecule has 2 saturated heterocycles. The molecule has 1 aromatic rings. The summed E-state index contributed by atoms with van der Waals surface area (Å²) in [6.07, 6.45) is 0. The molecular formula is C19H18N2O7S. The average molecular weight is 418 g/mol. The Labute approximate surface area is 170 Å². The minimum absolute atomic E-state index is 0.123. The maximum atomic E-state index is 13.0. The number of carbonyl (C=O) groups excluding carboxylic acids is 5. The zero-order valence-corrected chi connectivity index (χ0v) is 16.7. The van der Waals surface area contributed by atoms with E-state index >= 15 is 0 Å². The molecule has 4 rings (SSSR count). The molecule has 9 nitrogen and oxygen atoms in total. The zero-order valence-electron chi connectivity index (χ0n) is 15.9. The van der Waals surface area contributed by atoms with E-state index in [1.54, 1.807) is 31.2 Å². The molecule has 0 aliphatic carbocycles. The first-order valence-electron chi connectivity index (χ1n) is 8.89. The maximum absolute atomic E-state index is 13.0. The number of hydrogen-bond acceptors (Lipinski definition) is 8. The fraction of sp³-hybridized carbons (Fsp3) is 0.421. The summed E-state index contributed by atoms with van der Waals surface area (Å²) in [6.45, 7) is 2.81. The molecule has 2 unspecified atom stereocenters. The van der Waals surface area contributed by atoms with Gasteiger partial charge < -0.3 is 14.4 Å². The first-order valence-corrected chi connectivity index (χ1v) is 9.77. The molecule has 10 heteroatoms. The number of thioether (sulfide) groups is 1. The number of hydrogen-bond donors (Lipinski definition) is 0. The third-order valence-electron chi connectivity index (χ3n) is 5.39. The van der Waals surface area contributed by atoms with Crippen LogP contribution in [0.25, 0.3) is 0 Å². The van der Waals surface area contributed by atoms with Gasteiger partial charge in [-0.3, -0.25) is 24.1 Å². The van der Waals surface area contributed by atoms with Crippen molar-refractivity contribution >= 4 is 41.4 Å². The maximum Gasteiger partial charge on any atom is 0.330 e. The number of amides is 3. The monoisotopic (exact) mass is 418 g/mol. The van der Waals surface area contributed by atoms with E-state index in [-0.39, 0.29) is 17.7 Å². The number of esters is 2. The number of β-lactam (4-membered cyclic amide) rings is 1. The van der Waals surface area contributed by atoms with Crippen LogP contribution in [-0.4, -0.2) is 75.4 Å². The van der Waals surface area contributed by atoms with Crippen LogP contribution in [0.1, 0.15) is 34.6 Å². The highest BCUT2D eigenvalue weighted by Gasteiger charge is 2.69. The average Bonchev–Trinajstić information content (AvgIpc) is 3.11. The first-order chi connectivity index (χ1) is 13.7. The van der Waals surface area contributed by atoms with Gasteiger partial charge in [-0.2, -0.15) is 0 Å². The molecule has 0 spiro atoms. The van der Waals surface area contributed by atoms with Crippen LogP contribution in [-0.2, 0) is 23.9 Å². The number of rotatable bonds is 4. The lowest BCUT2D eigenvalue weighted by atomic mass is 9.94. The van der Waals surface area contributed by atoms with E-state index in [9.17, 15) is 24.0 Å². The van der Waals surface area contributed by atoms with Gasteiger partial charge in [-0.15, -0.1) is 11.8 Å². The number of methoxy groups -OCH3 is 1. The second-order valence-electron chi connectivity index (χ2n) is 7.24. The largest absolute Gasteiger partial charge is 0.467 e. The minimum Gasteiger partial charge on any atom is -0.467 e. The third-order valence-corrected chi connectivity index (χ3v) is 6.99. The van der Waals surface area contributed by atoms with Crippen molar-refractivity contribution in [3.05, 3.63) is 35.4 Å². The van der Waals surface area contributed by atoms with Crippen LogP contribution in [0, 0.1) is 0 Å². The molecule has 0 N–H and O–H groups in total. The third kappa shape index (κ3) is 2.65. The zero-order chi connectivity index (χ0) is 21.1.